The number of carbonyl (C=O) groups excluding carboxylic acids is 1. The Balaban J connectivity index is 2.17. The molecule has 3 rings (SSSR count). The molecule has 0 fully saturated rings. The van der Waals surface area contributed by atoms with E-state index >= 15 is 0 Å². The van der Waals surface area contributed by atoms with Gasteiger partial charge >= 0.3 is 0 Å². The molecule has 0 atom stereocenters. The number of carbonyl (C=O) groups is 1. The van der Waals surface area contributed by atoms with Gasteiger partial charge in [-0.05, 0) is 18.2 Å². The first kappa shape index (κ1) is 11.5. The van der Waals surface area contributed by atoms with Crippen molar-refractivity contribution >= 4 is 28.7 Å². The van der Waals surface area contributed by atoms with Crippen LogP contribution in [0.4, 0.5) is 11.5 Å². The van der Waals surface area contributed by atoms with Gasteiger partial charge in [-0.15, -0.1) is 0 Å². The van der Waals surface area contributed by atoms with Crippen LogP contribution in [0.3, 0.4) is 0 Å². The number of nitrogens with zero attached hydrogens (tertiary/aromatic N) is 2. The molecule has 0 aliphatic heterocycles. The van der Waals surface area contributed by atoms with Crippen LogP contribution in [0, 0.1) is 0 Å². The molecule has 4 heteroatoms. The van der Waals surface area contributed by atoms with Gasteiger partial charge in [-0.25, -0.2) is 0 Å². The average molecular weight is 251 g/mol. The first-order valence-corrected chi connectivity index (χ1v) is 6.01. The third-order valence-electron chi connectivity index (χ3n) is 3.21. The molecule has 4 nitrogen and oxygen atoms in total. The van der Waals surface area contributed by atoms with Crippen LogP contribution in [0.15, 0.2) is 48.8 Å². The van der Waals surface area contributed by atoms with E-state index < -0.39 is 0 Å². The molecular weight excluding hydrogens is 238 g/mol. The number of hydrogen-bond donors (Lipinski definition) is 1. The van der Waals surface area contributed by atoms with E-state index in [1.165, 1.54) is 0 Å². The number of aldehydes is 1. The zero-order chi connectivity index (χ0) is 13.2. The van der Waals surface area contributed by atoms with Crippen molar-refractivity contribution in [1.29, 1.82) is 0 Å². The normalized spacial score (nSPS) is 10.6. The van der Waals surface area contributed by atoms with Crippen molar-refractivity contribution in [3.8, 4) is 0 Å². The van der Waals surface area contributed by atoms with E-state index in [4.69, 9.17) is 0 Å². The van der Waals surface area contributed by atoms with Gasteiger partial charge < -0.3 is 9.88 Å². The van der Waals surface area contributed by atoms with Crippen LogP contribution in [0.25, 0.3) is 10.9 Å². The summed E-state index contributed by atoms with van der Waals surface area (Å²) in [7, 11) is 1.91. The number of nitrogens with one attached hydrogen (secondary N) is 1. The van der Waals surface area contributed by atoms with E-state index in [1.807, 2.05) is 48.3 Å². The van der Waals surface area contributed by atoms with Crippen LogP contribution in [0.5, 0.6) is 0 Å². The lowest BCUT2D eigenvalue weighted by molar-refractivity contribution is 0.112. The van der Waals surface area contributed by atoms with Gasteiger partial charge in [0.25, 0.3) is 0 Å². The lowest BCUT2D eigenvalue weighted by Gasteiger charge is -2.17. The van der Waals surface area contributed by atoms with Gasteiger partial charge in [0.2, 0.25) is 0 Å². The van der Waals surface area contributed by atoms with E-state index in [2.05, 4.69) is 9.97 Å². The number of anilines is 2. The van der Waals surface area contributed by atoms with Crippen LogP contribution in [0.1, 0.15) is 10.4 Å². The monoisotopic (exact) mass is 251 g/mol. The number of rotatable bonds is 3. The van der Waals surface area contributed by atoms with Crippen LogP contribution in [-0.2, 0) is 0 Å². The largest absolute Gasteiger partial charge is 0.341 e. The maximum atomic E-state index is 11.4. The maximum absolute atomic E-state index is 11.4. The van der Waals surface area contributed by atoms with Crippen molar-refractivity contribution in [2.75, 3.05) is 11.9 Å². The van der Waals surface area contributed by atoms with Crippen molar-refractivity contribution in [1.82, 2.24) is 9.97 Å². The van der Waals surface area contributed by atoms with Crippen molar-refractivity contribution in [2.24, 2.45) is 0 Å². The summed E-state index contributed by atoms with van der Waals surface area (Å²) in [5.74, 6) is 0.782. The standard InChI is InChI=1S/C15H13N3O/c1-18(11-5-4-8-16-9-11)15-13(10-19)12-6-2-3-7-14(12)17-15/h2-10,17H,1H3. The van der Waals surface area contributed by atoms with E-state index in [9.17, 15) is 4.79 Å². The minimum Gasteiger partial charge on any atom is -0.341 e. The van der Waals surface area contributed by atoms with E-state index in [0.29, 0.717) is 5.56 Å². The number of aromatic amines is 1. The number of hydrogen-bond acceptors (Lipinski definition) is 3. The Morgan fingerprint density at radius 1 is 1.21 bits per heavy atom. The molecule has 94 valence electrons. The zero-order valence-corrected chi connectivity index (χ0v) is 10.5. The van der Waals surface area contributed by atoms with Gasteiger partial charge in [0.05, 0.1) is 17.4 Å². The van der Waals surface area contributed by atoms with Gasteiger partial charge in [0.1, 0.15) is 5.82 Å². The molecule has 0 saturated heterocycles. The Kier molecular flexibility index (Phi) is 2.76. The molecule has 1 N–H and O–H groups in total. The summed E-state index contributed by atoms with van der Waals surface area (Å²) in [6.45, 7) is 0. The van der Waals surface area contributed by atoms with Crippen molar-refractivity contribution in [3.63, 3.8) is 0 Å². The highest BCUT2D eigenvalue weighted by Crippen LogP contribution is 2.30. The SMILES string of the molecule is CN(c1cccnc1)c1[nH]c2ccccc2c1C=O. The molecule has 0 spiro atoms. The fraction of sp³-hybridized carbons (Fsp3) is 0.0667. The van der Waals surface area contributed by atoms with E-state index in [0.717, 1.165) is 28.7 Å². The summed E-state index contributed by atoms with van der Waals surface area (Å²) >= 11 is 0. The number of aromatic nitrogens is 2. The lowest BCUT2D eigenvalue weighted by Crippen LogP contribution is -2.11. The number of para-hydroxylation sites is 1. The summed E-state index contributed by atoms with van der Waals surface area (Å²) in [6.07, 6.45) is 4.38. The van der Waals surface area contributed by atoms with Crippen LogP contribution < -0.4 is 4.90 Å². The predicted molar refractivity (Wildman–Crippen MR) is 76.0 cm³/mol. The summed E-state index contributed by atoms with van der Waals surface area (Å²) in [5, 5.41) is 0.934. The summed E-state index contributed by atoms with van der Waals surface area (Å²) < 4.78 is 0. The number of pyridine rings is 1. The van der Waals surface area contributed by atoms with E-state index in [-0.39, 0.29) is 0 Å². The van der Waals surface area contributed by atoms with Crippen LogP contribution in [-0.4, -0.2) is 23.3 Å². The van der Waals surface area contributed by atoms with Gasteiger partial charge in [0.15, 0.2) is 6.29 Å². The number of H-pyrrole nitrogens is 1. The Bertz CT molecular complexity index is 719. The highest BCUT2D eigenvalue weighted by Gasteiger charge is 2.15. The van der Waals surface area contributed by atoms with Crippen molar-refractivity contribution in [2.45, 2.75) is 0 Å². The van der Waals surface area contributed by atoms with Crippen molar-refractivity contribution in [3.05, 3.63) is 54.4 Å². The molecule has 2 heterocycles. The molecular formula is C15H13N3O. The quantitative estimate of drug-likeness (QED) is 0.727. The zero-order valence-electron chi connectivity index (χ0n) is 10.5. The highest BCUT2D eigenvalue weighted by molar-refractivity contribution is 6.04. The molecule has 0 unspecified atom stereocenters. The Hall–Kier alpha value is -2.62. The Labute approximate surface area is 110 Å². The molecule has 0 radical (unpaired) electrons. The maximum Gasteiger partial charge on any atom is 0.154 e. The predicted octanol–water partition coefficient (Wildman–Crippen LogP) is 3.14. The fourth-order valence-corrected chi connectivity index (χ4v) is 2.21. The van der Waals surface area contributed by atoms with E-state index in [1.54, 1.807) is 12.4 Å². The second kappa shape index (κ2) is 4.57. The third kappa shape index (κ3) is 1.87. The van der Waals surface area contributed by atoms with Crippen LogP contribution >= 0.6 is 0 Å². The highest BCUT2D eigenvalue weighted by atomic mass is 16.1. The first-order chi connectivity index (χ1) is 9.31. The summed E-state index contributed by atoms with van der Waals surface area (Å²) in [4.78, 5) is 20.7. The van der Waals surface area contributed by atoms with Crippen LogP contribution in [0.2, 0.25) is 0 Å². The van der Waals surface area contributed by atoms with Gasteiger partial charge in [-0.2, -0.15) is 0 Å². The summed E-state index contributed by atoms with van der Waals surface area (Å²) in [5.41, 5.74) is 2.55. The molecule has 0 aliphatic rings. The molecule has 3 aromatic rings. The second-order valence-electron chi connectivity index (χ2n) is 4.32. The van der Waals surface area contributed by atoms with Gasteiger partial charge in [-0.1, -0.05) is 18.2 Å². The number of benzene rings is 1. The minimum atomic E-state index is 0.668. The Morgan fingerprint density at radius 3 is 2.79 bits per heavy atom. The van der Waals surface area contributed by atoms with Gasteiger partial charge in [0, 0.05) is 24.1 Å². The fourth-order valence-electron chi connectivity index (χ4n) is 2.21. The lowest BCUT2D eigenvalue weighted by atomic mass is 10.2. The molecule has 0 aliphatic carbocycles. The molecule has 0 amide bonds. The smallest absolute Gasteiger partial charge is 0.154 e. The number of fused-ring (bicyclic) bond motifs is 1. The minimum absolute atomic E-state index is 0.668. The Morgan fingerprint density at radius 2 is 2.05 bits per heavy atom. The molecule has 19 heavy (non-hydrogen) atoms. The second-order valence-corrected chi connectivity index (χ2v) is 4.32. The molecule has 0 saturated carbocycles. The molecule has 0 bridgehead atoms. The third-order valence-corrected chi connectivity index (χ3v) is 3.21. The topological polar surface area (TPSA) is 49.0 Å². The average Bonchev–Trinajstić information content (AvgIpc) is 2.85. The van der Waals surface area contributed by atoms with Crippen molar-refractivity contribution < 1.29 is 4.79 Å². The molecule has 1 aromatic carbocycles. The first-order valence-electron chi connectivity index (χ1n) is 6.01. The molecule has 2 aromatic heterocycles. The summed E-state index contributed by atoms with van der Waals surface area (Å²) in [6, 6.07) is 11.6. The van der Waals surface area contributed by atoms with Gasteiger partial charge in [-0.3, -0.25) is 9.78 Å².